The van der Waals surface area contributed by atoms with Gasteiger partial charge in [-0.15, -0.1) is 0 Å². The van der Waals surface area contributed by atoms with Crippen molar-refractivity contribution < 1.29 is 22.7 Å². The molecule has 6 heteroatoms. The number of alkyl halides is 3. The van der Waals surface area contributed by atoms with Crippen LogP contribution in [0.25, 0.3) is 0 Å². The van der Waals surface area contributed by atoms with Crippen molar-refractivity contribution in [1.29, 1.82) is 0 Å². The first-order chi connectivity index (χ1) is 6.26. The summed E-state index contributed by atoms with van der Waals surface area (Å²) in [5, 5.41) is 0. The van der Waals surface area contributed by atoms with Gasteiger partial charge in [-0.25, -0.2) is 0 Å². The minimum Gasteiger partial charge on any atom is -0.469 e. The van der Waals surface area contributed by atoms with Gasteiger partial charge >= 0.3 is 12.1 Å². The zero-order valence-corrected chi connectivity index (χ0v) is 8.39. The van der Waals surface area contributed by atoms with Gasteiger partial charge in [-0.3, -0.25) is 9.69 Å². The first-order valence-corrected chi connectivity index (χ1v) is 4.09. The molecular weight excluding hydrogens is 199 g/mol. The largest absolute Gasteiger partial charge is 0.469 e. The van der Waals surface area contributed by atoms with E-state index in [-0.39, 0.29) is 6.54 Å². The van der Waals surface area contributed by atoms with E-state index in [1.807, 2.05) is 0 Å². The molecule has 0 saturated carbocycles. The van der Waals surface area contributed by atoms with Gasteiger partial charge in [0.05, 0.1) is 19.6 Å². The summed E-state index contributed by atoms with van der Waals surface area (Å²) in [7, 11) is 2.52. The fourth-order valence-electron chi connectivity index (χ4n) is 1.11. The van der Waals surface area contributed by atoms with Crippen LogP contribution in [0.15, 0.2) is 0 Å². The van der Waals surface area contributed by atoms with Crippen LogP contribution in [0.5, 0.6) is 0 Å². The molecule has 3 nitrogen and oxygen atoms in total. The lowest BCUT2D eigenvalue weighted by atomic mass is 10.2. The van der Waals surface area contributed by atoms with E-state index in [2.05, 4.69) is 4.74 Å². The highest BCUT2D eigenvalue weighted by atomic mass is 19.4. The van der Waals surface area contributed by atoms with Crippen LogP contribution in [-0.2, 0) is 9.53 Å². The fraction of sp³-hybridized carbons (Fsp3) is 0.875. The molecule has 1 atom stereocenters. The molecule has 0 aliphatic rings. The Bertz CT molecular complexity index is 194. The van der Waals surface area contributed by atoms with Crippen molar-refractivity contribution in [3.8, 4) is 0 Å². The predicted octanol–water partition coefficient (Wildman–Crippen LogP) is 1.29. The number of carbonyl (C=O) groups is 1. The Morgan fingerprint density at radius 1 is 1.50 bits per heavy atom. The average Bonchev–Trinajstić information content (AvgIpc) is 1.99. The number of methoxy groups -OCH3 is 1. The molecule has 0 rings (SSSR count). The van der Waals surface area contributed by atoms with Crippen LogP contribution in [0.4, 0.5) is 13.2 Å². The van der Waals surface area contributed by atoms with Gasteiger partial charge < -0.3 is 4.74 Å². The van der Waals surface area contributed by atoms with Crippen LogP contribution in [-0.4, -0.2) is 44.3 Å². The Labute approximate surface area is 80.8 Å². The molecule has 0 saturated heterocycles. The van der Waals surface area contributed by atoms with E-state index in [9.17, 15) is 18.0 Å². The molecule has 84 valence electrons. The fourth-order valence-corrected chi connectivity index (χ4v) is 1.11. The highest BCUT2D eigenvalue weighted by Crippen LogP contribution is 2.16. The molecule has 0 radical (unpaired) electrons. The summed E-state index contributed by atoms with van der Waals surface area (Å²) < 4.78 is 40.0. The maximum Gasteiger partial charge on any atom is 0.401 e. The molecule has 0 aromatic carbocycles. The molecule has 14 heavy (non-hydrogen) atoms. The van der Waals surface area contributed by atoms with Crippen LogP contribution in [0.2, 0.25) is 0 Å². The third kappa shape index (κ3) is 5.80. The van der Waals surface area contributed by atoms with Crippen LogP contribution in [0.3, 0.4) is 0 Å². The summed E-state index contributed by atoms with van der Waals surface area (Å²) in [6.45, 7) is 0.541. The molecule has 0 heterocycles. The highest BCUT2D eigenvalue weighted by molar-refractivity contribution is 5.71. The zero-order valence-electron chi connectivity index (χ0n) is 8.39. The zero-order chi connectivity index (χ0) is 11.4. The van der Waals surface area contributed by atoms with Gasteiger partial charge in [0.15, 0.2) is 0 Å². The molecule has 0 spiro atoms. The summed E-state index contributed by atoms with van der Waals surface area (Å²) in [4.78, 5) is 11.9. The van der Waals surface area contributed by atoms with Gasteiger partial charge in [0, 0.05) is 6.54 Å². The summed E-state index contributed by atoms with van der Waals surface area (Å²) >= 11 is 0. The highest BCUT2D eigenvalue weighted by Gasteiger charge is 2.30. The maximum absolute atomic E-state index is 11.9. The van der Waals surface area contributed by atoms with Gasteiger partial charge in [-0.1, -0.05) is 6.92 Å². The number of hydrogen-bond acceptors (Lipinski definition) is 3. The minimum absolute atomic E-state index is 0.0339. The second kappa shape index (κ2) is 5.19. The molecule has 0 N–H and O–H groups in total. The van der Waals surface area contributed by atoms with Crippen LogP contribution in [0.1, 0.15) is 6.92 Å². The number of esters is 1. The van der Waals surface area contributed by atoms with E-state index in [0.29, 0.717) is 0 Å². The second-order valence-electron chi connectivity index (χ2n) is 3.24. The monoisotopic (exact) mass is 213 g/mol. The lowest BCUT2D eigenvalue weighted by Gasteiger charge is -2.20. The predicted molar refractivity (Wildman–Crippen MR) is 44.7 cm³/mol. The lowest BCUT2D eigenvalue weighted by molar-refractivity contribution is -0.152. The van der Waals surface area contributed by atoms with Gasteiger partial charge in [0.25, 0.3) is 0 Å². The number of hydrogen-bond donors (Lipinski definition) is 0. The molecule has 1 unspecified atom stereocenters. The van der Waals surface area contributed by atoms with E-state index in [1.165, 1.54) is 21.1 Å². The molecule has 0 aromatic heterocycles. The van der Waals surface area contributed by atoms with Crippen LogP contribution >= 0.6 is 0 Å². The van der Waals surface area contributed by atoms with Crippen molar-refractivity contribution in [1.82, 2.24) is 4.90 Å². The lowest BCUT2D eigenvalue weighted by Crippen LogP contribution is -2.36. The number of rotatable bonds is 4. The van der Waals surface area contributed by atoms with E-state index < -0.39 is 24.6 Å². The Morgan fingerprint density at radius 2 is 2.00 bits per heavy atom. The first-order valence-electron chi connectivity index (χ1n) is 4.09. The SMILES string of the molecule is COC(=O)C(C)CN(C)CC(F)(F)F. The smallest absolute Gasteiger partial charge is 0.401 e. The van der Waals surface area contributed by atoms with Crippen molar-refractivity contribution in [3.63, 3.8) is 0 Å². The van der Waals surface area contributed by atoms with Gasteiger partial charge in [-0.2, -0.15) is 13.2 Å². The van der Waals surface area contributed by atoms with Crippen molar-refractivity contribution in [3.05, 3.63) is 0 Å². The van der Waals surface area contributed by atoms with Crippen molar-refractivity contribution >= 4 is 5.97 Å². The number of nitrogens with zero attached hydrogens (tertiary/aromatic N) is 1. The van der Waals surface area contributed by atoms with Crippen LogP contribution in [0, 0.1) is 5.92 Å². The normalized spacial score (nSPS) is 14.2. The Balaban J connectivity index is 3.94. The molecule has 0 aromatic rings. The summed E-state index contributed by atoms with van der Waals surface area (Å²) in [5.74, 6) is -1.05. The quantitative estimate of drug-likeness (QED) is 0.659. The van der Waals surface area contributed by atoms with E-state index in [1.54, 1.807) is 0 Å². The maximum atomic E-state index is 11.9. The molecule has 0 aliphatic heterocycles. The van der Waals surface area contributed by atoms with Crippen LogP contribution < -0.4 is 0 Å². The Morgan fingerprint density at radius 3 is 2.36 bits per heavy atom. The standard InChI is InChI=1S/C8H14F3NO2/c1-6(7(13)14-3)4-12(2)5-8(9,10)11/h6H,4-5H2,1-3H3. The Hall–Kier alpha value is -0.780. The summed E-state index contributed by atoms with van der Waals surface area (Å²) in [5.41, 5.74) is 0. The van der Waals surface area contributed by atoms with Gasteiger partial charge in [0.2, 0.25) is 0 Å². The average molecular weight is 213 g/mol. The van der Waals surface area contributed by atoms with Gasteiger partial charge in [-0.05, 0) is 7.05 Å². The van der Waals surface area contributed by atoms with E-state index >= 15 is 0 Å². The van der Waals surface area contributed by atoms with Crippen molar-refractivity contribution in [2.75, 3.05) is 27.2 Å². The van der Waals surface area contributed by atoms with E-state index in [4.69, 9.17) is 0 Å². The summed E-state index contributed by atoms with van der Waals surface area (Å²) in [6, 6.07) is 0. The second-order valence-corrected chi connectivity index (χ2v) is 3.24. The summed E-state index contributed by atoms with van der Waals surface area (Å²) in [6.07, 6.45) is -4.23. The number of halogens is 3. The van der Waals surface area contributed by atoms with Crippen molar-refractivity contribution in [2.24, 2.45) is 5.92 Å². The third-order valence-corrected chi connectivity index (χ3v) is 1.64. The first kappa shape index (κ1) is 13.2. The molecule has 0 bridgehead atoms. The number of carbonyl (C=O) groups excluding carboxylic acids is 1. The molecule has 0 fully saturated rings. The Kier molecular flexibility index (Phi) is 4.90. The van der Waals surface area contributed by atoms with Gasteiger partial charge in [0.1, 0.15) is 0 Å². The molecule has 0 aliphatic carbocycles. The van der Waals surface area contributed by atoms with E-state index in [0.717, 1.165) is 4.90 Å². The molecule has 0 amide bonds. The number of ether oxygens (including phenoxy) is 1. The minimum atomic E-state index is -4.23. The topological polar surface area (TPSA) is 29.5 Å². The van der Waals surface area contributed by atoms with Crippen molar-refractivity contribution in [2.45, 2.75) is 13.1 Å². The third-order valence-electron chi connectivity index (χ3n) is 1.64. The molecular formula is C8H14F3NO2.